The second kappa shape index (κ2) is 4.35. The molecular formula is C12H20O4. The van der Waals surface area contributed by atoms with Crippen LogP contribution in [0.2, 0.25) is 0 Å². The van der Waals surface area contributed by atoms with E-state index in [1.165, 1.54) is 0 Å². The van der Waals surface area contributed by atoms with Crippen molar-refractivity contribution in [2.24, 2.45) is 0 Å². The van der Waals surface area contributed by atoms with Crippen LogP contribution >= 0.6 is 0 Å². The van der Waals surface area contributed by atoms with Crippen LogP contribution in [0.4, 0.5) is 0 Å². The average Bonchev–Trinajstić information content (AvgIpc) is 2.65. The molecule has 0 bridgehead atoms. The lowest BCUT2D eigenvalue weighted by atomic mass is 10.1. The van der Waals surface area contributed by atoms with Crippen molar-refractivity contribution < 1.29 is 18.9 Å². The van der Waals surface area contributed by atoms with Crippen LogP contribution < -0.4 is 0 Å². The molecule has 2 aliphatic heterocycles. The first-order valence-corrected chi connectivity index (χ1v) is 5.82. The minimum atomic E-state index is -0.581. The summed E-state index contributed by atoms with van der Waals surface area (Å²) < 4.78 is 22.6. The van der Waals surface area contributed by atoms with Crippen LogP contribution in [0.15, 0.2) is 11.8 Å². The van der Waals surface area contributed by atoms with Gasteiger partial charge in [0.15, 0.2) is 11.9 Å². The van der Waals surface area contributed by atoms with Crippen LogP contribution in [0.25, 0.3) is 0 Å². The second-order valence-corrected chi connectivity index (χ2v) is 4.64. The van der Waals surface area contributed by atoms with Crippen molar-refractivity contribution in [2.45, 2.75) is 57.9 Å². The predicted octanol–water partition coefficient (Wildman–Crippen LogP) is 2.19. The van der Waals surface area contributed by atoms with E-state index in [1.807, 2.05) is 13.8 Å². The summed E-state index contributed by atoms with van der Waals surface area (Å²) >= 11 is 0. The zero-order valence-corrected chi connectivity index (χ0v) is 10.4. The Morgan fingerprint density at radius 2 is 2.12 bits per heavy atom. The fourth-order valence-electron chi connectivity index (χ4n) is 2.12. The van der Waals surface area contributed by atoms with E-state index < -0.39 is 5.79 Å². The number of hydrogen-bond donors (Lipinski definition) is 0. The molecule has 0 N–H and O–H groups in total. The SMILES string of the molecule is CCC/C=C1/O[C@@H]2OC(C)(C)O[C@@H]2[C@H]1OC. The van der Waals surface area contributed by atoms with Crippen molar-refractivity contribution in [3.8, 4) is 0 Å². The fourth-order valence-corrected chi connectivity index (χ4v) is 2.12. The number of allylic oxidation sites excluding steroid dienone is 1. The Kier molecular flexibility index (Phi) is 3.24. The molecule has 0 aromatic carbocycles. The minimum absolute atomic E-state index is 0.140. The summed E-state index contributed by atoms with van der Waals surface area (Å²) in [6.45, 7) is 5.90. The Morgan fingerprint density at radius 3 is 2.75 bits per heavy atom. The Bertz CT molecular complexity index is 285. The number of hydrogen-bond acceptors (Lipinski definition) is 4. The third kappa shape index (κ3) is 2.10. The lowest BCUT2D eigenvalue weighted by molar-refractivity contribution is -0.190. The summed E-state index contributed by atoms with van der Waals surface area (Å²) in [7, 11) is 1.67. The van der Waals surface area contributed by atoms with E-state index in [-0.39, 0.29) is 18.5 Å². The molecule has 0 aliphatic carbocycles. The van der Waals surface area contributed by atoms with Gasteiger partial charge in [-0.1, -0.05) is 13.3 Å². The van der Waals surface area contributed by atoms with E-state index in [1.54, 1.807) is 7.11 Å². The van der Waals surface area contributed by atoms with Crippen LogP contribution in [-0.2, 0) is 18.9 Å². The van der Waals surface area contributed by atoms with Gasteiger partial charge in [0.05, 0.1) is 0 Å². The van der Waals surface area contributed by atoms with Gasteiger partial charge in [-0.15, -0.1) is 0 Å². The summed E-state index contributed by atoms with van der Waals surface area (Å²) in [5, 5.41) is 0. The standard InChI is InChI=1S/C12H20O4/c1-5-6-7-8-9(13-4)10-11(14-8)16-12(2,3)15-10/h7,9-11H,5-6H2,1-4H3/b8-7+/t9-,10+,11+/m0/s1. The van der Waals surface area contributed by atoms with Crippen LogP contribution in [0.3, 0.4) is 0 Å². The lowest BCUT2D eigenvalue weighted by Crippen LogP contribution is -2.30. The van der Waals surface area contributed by atoms with Gasteiger partial charge >= 0.3 is 0 Å². The maximum absolute atomic E-state index is 5.77. The number of methoxy groups -OCH3 is 1. The third-order valence-electron chi connectivity index (χ3n) is 2.81. The van der Waals surface area contributed by atoms with Gasteiger partial charge in [0.2, 0.25) is 6.29 Å². The predicted molar refractivity (Wildman–Crippen MR) is 58.7 cm³/mol. The highest BCUT2D eigenvalue weighted by Crippen LogP contribution is 2.40. The van der Waals surface area contributed by atoms with Crippen molar-refractivity contribution in [2.75, 3.05) is 7.11 Å². The van der Waals surface area contributed by atoms with E-state index in [0.717, 1.165) is 18.6 Å². The van der Waals surface area contributed by atoms with Crippen LogP contribution in [-0.4, -0.2) is 31.4 Å². The normalized spacial score (nSPS) is 38.8. The molecule has 2 heterocycles. The molecule has 2 fully saturated rings. The summed E-state index contributed by atoms with van der Waals surface area (Å²) in [6.07, 6.45) is 3.51. The molecule has 3 atom stereocenters. The first-order chi connectivity index (χ1) is 7.57. The molecule has 4 heteroatoms. The maximum atomic E-state index is 5.77. The molecule has 2 aliphatic rings. The molecule has 0 amide bonds. The van der Waals surface area contributed by atoms with Crippen molar-refractivity contribution in [1.82, 2.24) is 0 Å². The molecule has 0 radical (unpaired) electrons. The van der Waals surface area contributed by atoms with Gasteiger partial charge in [-0.3, -0.25) is 0 Å². The minimum Gasteiger partial charge on any atom is -0.464 e. The van der Waals surface area contributed by atoms with E-state index in [4.69, 9.17) is 18.9 Å². The second-order valence-electron chi connectivity index (χ2n) is 4.64. The number of ether oxygens (including phenoxy) is 4. The summed E-state index contributed by atoms with van der Waals surface area (Å²) in [5.41, 5.74) is 0. The van der Waals surface area contributed by atoms with Crippen LogP contribution in [0.1, 0.15) is 33.6 Å². The van der Waals surface area contributed by atoms with Crippen molar-refractivity contribution in [3.05, 3.63) is 11.8 Å². The molecule has 0 aromatic rings. The zero-order chi connectivity index (χ0) is 11.8. The van der Waals surface area contributed by atoms with Gasteiger partial charge in [-0.2, -0.15) is 0 Å². The van der Waals surface area contributed by atoms with Crippen LogP contribution in [0.5, 0.6) is 0 Å². The van der Waals surface area contributed by atoms with Crippen molar-refractivity contribution in [1.29, 1.82) is 0 Å². The van der Waals surface area contributed by atoms with Gasteiger partial charge in [0, 0.05) is 7.11 Å². The molecule has 2 rings (SSSR count). The Morgan fingerprint density at radius 1 is 1.38 bits per heavy atom. The fraction of sp³-hybridized carbons (Fsp3) is 0.833. The molecule has 92 valence electrons. The molecule has 0 saturated carbocycles. The highest BCUT2D eigenvalue weighted by Gasteiger charge is 2.53. The molecule has 16 heavy (non-hydrogen) atoms. The lowest BCUT2D eigenvalue weighted by Gasteiger charge is -2.21. The number of rotatable bonds is 3. The van der Waals surface area contributed by atoms with Gasteiger partial charge in [-0.05, 0) is 26.3 Å². The summed E-state index contributed by atoms with van der Waals surface area (Å²) in [4.78, 5) is 0. The third-order valence-corrected chi connectivity index (χ3v) is 2.81. The topological polar surface area (TPSA) is 36.9 Å². The van der Waals surface area contributed by atoms with Crippen LogP contribution in [0, 0.1) is 0 Å². The average molecular weight is 228 g/mol. The summed E-state index contributed by atoms with van der Waals surface area (Å²) in [5.74, 6) is 0.262. The smallest absolute Gasteiger partial charge is 0.231 e. The number of fused-ring (bicyclic) bond motifs is 1. The highest BCUT2D eigenvalue weighted by molar-refractivity contribution is 5.11. The van der Waals surface area contributed by atoms with Gasteiger partial charge in [0.25, 0.3) is 0 Å². The van der Waals surface area contributed by atoms with E-state index in [9.17, 15) is 0 Å². The first kappa shape index (κ1) is 11.9. The molecule has 0 unspecified atom stereocenters. The maximum Gasteiger partial charge on any atom is 0.231 e. The van der Waals surface area contributed by atoms with Gasteiger partial charge in [0.1, 0.15) is 11.9 Å². The van der Waals surface area contributed by atoms with E-state index >= 15 is 0 Å². The van der Waals surface area contributed by atoms with E-state index in [0.29, 0.717) is 0 Å². The molecular weight excluding hydrogens is 208 g/mol. The molecule has 2 saturated heterocycles. The first-order valence-electron chi connectivity index (χ1n) is 5.82. The highest BCUT2D eigenvalue weighted by atomic mass is 16.8. The Labute approximate surface area is 96.5 Å². The van der Waals surface area contributed by atoms with Crippen molar-refractivity contribution in [3.63, 3.8) is 0 Å². The monoisotopic (exact) mass is 228 g/mol. The molecule has 4 nitrogen and oxygen atoms in total. The quantitative estimate of drug-likeness (QED) is 0.742. The van der Waals surface area contributed by atoms with E-state index in [2.05, 4.69) is 13.0 Å². The molecule has 0 aromatic heterocycles. The number of unbranched alkanes of at least 4 members (excludes halogenated alkanes) is 1. The Hall–Kier alpha value is -0.580. The Balaban J connectivity index is 2.09. The van der Waals surface area contributed by atoms with Gasteiger partial charge in [-0.25, -0.2) is 0 Å². The largest absolute Gasteiger partial charge is 0.464 e. The molecule has 0 spiro atoms. The summed E-state index contributed by atoms with van der Waals surface area (Å²) in [6, 6.07) is 0. The van der Waals surface area contributed by atoms with Gasteiger partial charge < -0.3 is 18.9 Å². The zero-order valence-electron chi connectivity index (χ0n) is 10.4. The van der Waals surface area contributed by atoms with Crippen molar-refractivity contribution >= 4 is 0 Å².